The van der Waals surface area contributed by atoms with Gasteiger partial charge in [-0.15, -0.1) is 0 Å². The molecule has 0 aliphatic rings. The molecule has 0 atom stereocenters. The Morgan fingerprint density at radius 1 is 1.39 bits per heavy atom. The molecule has 0 fully saturated rings. The van der Waals surface area contributed by atoms with E-state index in [9.17, 15) is 9.18 Å². The largest absolute Gasteiger partial charge is 0.494 e. The lowest BCUT2D eigenvalue weighted by Gasteiger charge is -2.07. The molecule has 18 heavy (non-hydrogen) atoms. The Morgan fingerprint density at radius 3 is 2.89 bits per heavy atom. The van der Waals surface area contributed by atoms with E-state index in [2.05, 4.69) is 10.3 Å². The van der Waals surface area contributed by atoms with E-state index in [0.717, 1.165) is 0 Å². The SMILES string of the molecule is COc1cc(NC(=O)c2cccnc2)ccc1F. The van der Waals surface area contributed by atoms with E-state index in [0.29, 0.717) is 11.3 Å². The van der Waals surface area contributed by atoms with Gasteiger partial charge in [-0.3, -0.25) is 9.78 Å². The second kappa shape index (κ2) is 5.27. The monoisotopic (exact) mass is 246 g/mol. The first-order chi connectivity index (χ1) is 8.70. The Labute approximate surface area is 103 Å². The molecular formula is C13H11FN2O2. The van der Waals surface area contributed by atoms with Crippen molar-refractivity contribution >= 4 is 11.6 Å². The van der Waals surface area contributed by atoms with Crippen molar-refractivity contribution < 1.29 is 13.9 Å². The van der Waals surface area contributed by atoms with Crippen LogP contribution in [0.25, 0.3) is 0 Å². The molecule has 5 heteroatoms. The van der Waals surface area contributed by atoms with Gasteiger partial charge < -0.3 is 10.1 Å². The van der Waals surface area contributed by atoms with Crippen molar-refractivity contribution in [2.75, 3.05) is 12.4 Å². The summed E-state index contributed by atoms with van der Waals surface area (Å²) in [4.78, 5) is 15.7. The van der Waals surface area contributed by atoms with Crippen LogP contribution < -0.4 is 10.1 Å². The van der Waals surface area contributed by atoms with E-state index in [1.54, 1.807) is 18.3 Å². The molecule has 0 spiro atoms. The smallest absolute Gasteiger partial charge is 0.257 e. The van der Waals surface area contributed by atoms with Crippen LogP contribution in [0, 0.1) is 5.82 Å². The lowest BCUT2D eigenvalue weighted by atomic mass is 10.2. The van der Waals surface area contributed by atoms with E-state index >= 15 is 0 Å². The molecule has 4 nitrogen and oxygen atoms in total. The highest BCUT2D eigenvalue weighted by molar-refractivity contribution is 6.04. The minimum Gasteiger partial charge on any atom is -0.494 e. The summed E-state index contributed by atoms with van der Waals surface area (Å²) >= 11 is 0. The summed E-state index contributed by atoms with van der Waals surface area (Å²) in [7, 11) is 1.37. The van der Waals surface area contributed by atoms with Gasteiger partial charge in [0.25, 0.3) is 5.91 Å². The summed E-state index contributed by atoms with van der Waals surface area (Å²) < 4.78 is 18.0. The summed E-state index contributed by atoms with van der Waals surface area (Å²) in [5.74, 6) is -0.701. The van der Waals surface area contributed by atoms with Crippen LogP contribution in [0.5, 0.6) is 5.75 Å². The normalized spacial score (nSPS) is 9.89. The maximum absolute atomic E-state index is 13.2. The highest BCUT2D eigenvalue weighted by Crippen LogP contribution is 2.21. The number of carbonyl (C=O) groups is 1. The zero-order valence-corrected chi connectivity index (χ0v) is 9.68. The lowest BCUT2D eigenvalue weighted by Crippen LogP contribution is -2.12. The number of aromatic nitrogens is 1. The highest BCUT2D eigenvalue weighted by Gasteiger charge is 2.08. The maximum Gasteiger partial charge on any atom is 0.257 e. The number of halogens is 1. The van der Waals surface area contributed by atoms with E-state index < -0.39 is 5.82 Å². The molecule has 1 aromatic heterocycles. The zero-order chi connectivity index (χ0) is 13.0. The number of ether oxygens (including phenoxy) is 1. The van der Waals surface area contributed by atoms with Gasteiger partial charge in [0.05, 0.1) is 12.7 Å². The average Bonchev–Trinajstić information content (AvgIpc) is 2.42. The molecule has 1 amide bonds. The van der Waals surface area contributed by atoms with Crippen LogP contribution in [0.4, 0.5) is 10.1 Å². The second-order valence-electron chi connectivity index (χ2n) is 3.55. The first kappa shape index (κ1) is 12.0. The van der Waals surface area contributed by atoms with Gasteiger partial charge in [0, 0.05) is 24.1 Å². The standard InChI is InChI=1S/C13H11FN2O2/c1-18-12-7-10(4-5-11(12)14)16-13(17)9-3-2-6-15-8-9/h2-8H,1H3,(H,16,17). The number of benzene rings is 1. The first-order valence-electron chi connectivity index (χ1n) is 5.25. The lowest BCUT2D eigenvalue weighted by molar-refractivity contribution is 0.102. The number of nitrogens with zero attached hydrogens (tertiary/aromatic N) is 1. The van der Waals surface area contributed by atoms with E-state index in [4.69, 9.17) is 4.74 Å². The molecule has 0 saturated carbocycles. The third-order valence-corrected chi connectivity index (χ3v) is 2.33. The fourth-order valence-corrected chi connectivity index (χ4v) is 1.44. The fourth-order valence-electron chi connectivity index (χ4n) is 1.44. The van der Waals surface area contributed by atoms with Crippen LogP contribution in [0.2, 0.25) is 0 Å². The van der Waals surface area contributed by atoms with Gasteiger partial charge in [0.2, 0.25) is 0 Å². The van der Waals surface area contributed by atoms with Gasteiger partial charge in [0.15, 0.2) is 11.6 Å². The van der Waals surface area contributed by atoms with Crippen molar-refractivity contribution in [1.29, 1.82) is 0 Å². The Hall–Kier alpha value is -2.43. The van der Waals surface area contributed by atoms with Crippen molar-refractivity contribution in [3.8, 4) is 5.75 Å². The van der Waals surface area contributed by atoms with Crippen molar-refractivity contribution in [2.24, 2.45) is 0 Å². The number of rotatable bonds is 3. The number of anilines is 1. The van der Waals surface area contributed by atoms with Gasteiger partial charge in [-0.2, -0.15) is 0 Å². The molecule has 0 saturated heterocycles. The number of hydrogen-bond acceptors (Lipinski definition) is 3. The van der Waals surface area contributed by atoms with Gasteiger partial charge in [-0.25, -0.2) is 4.39 Å². The zero-order valence-electron chi connectivity index (χ0n) is 9.68. The number of nitrogens with one attached hydrogen (secondary N) is 1. The van der Waals surface area contributed by atoms with E-state index in [-0.39, 0.29) is 11.7 Å². The molecule has 0 radical (unpaired) electrons. The van der Waals surface area contributed by atoms with Crippen molar-refractivity contribution in [3.63, 3.8) is 0 Å². The quantitative estimate of drug-likeness (QED) is 0.905. The van der Waals surface area contributed by atoms with Crippen LogP contribution in [-0.2, 0) is 0 Å². The summed E-state index contributed by atoms with van der Waals surface area (Å²) in [6, 6.07) is 7.43. The van der Waals surface area contributed by atoms with Gasteiger partial charge in [-0.05, 0) is 24.3 Å². The molecule has 0 aliphatic heterocycles. The van der Waals surface area contributed by atoms with Gasteiger partial charge in [0.1, 0.15) is 0 Å². The summed E-state index contributed by atoms with van der Waals surface area (Å²) in [6.07, 6.45) is 3.04. The van der Waals surface area contributed by atoms with Gasteiger partial charge >= 0.3 is 0 Å². The first-order valence-corrected chi connectivity index (χ1v) is 5.25. The highest BCUT2D eigenvalue weighted by atomic mass is 19.1. The fraction of sp³-hybridized carbons (Fsp3) is 0.0769. The number of pyridine rings is 1. The molecule has 92 valence electrons. The third-order valence-electron chi connectivity index (χ3n) is 2.33. The molecule has 0 aliphatic carbocycles. The Balaban J connectivity index is 2.17. The molecule has 0 unspecified atom stereocenters. The van der Waals surface area contributed by atoms with Crippen LogP contribution in [0.1, 0.15) is 10.4 Å². The molecule has 2 aromatic rings. The minimum atomic E-state index is -0.475. The molecule has 1 aromatic carbocycles. The Bertz CT molecular complexity index is 558. The van der Waals surface area contributed by atoms with E-state index in [1.165, 1.54) is 31.5 Å². The molecule has 1 heterocycles. The predicted octanol–water partition coefficient (Wildman–Crippen LogP) is 2.48. The molecular weight excluding hydrogens is 235 g/mol. The topological polar surface area (TPSA) is 51.2 Å². The second-order valence-corrected chi connectivity index (χ2v) is 3.55. The maximum atomic E-state index is 13.2. The van der Waals surface area contributed by atoms with Crippen LogP contribution >= 0.6 is 0 Å². The average molecular weight is 246 g/mol. The van der Waals surface area contributed by atoms with Crippen molar-refractivity contribution in [2.45, 2.75) is 0 Å². The van der Waals surface area contributed by atoms with Crippen LogP contribution in [0.15, 0.2) is 42.7 Å². The summed E-state index contributed by atoms with van der Waals surface area (Å²) in [6.45, 7) is 0. The van der Waals surface area contributed by atoms with Crippen molar-refractivity contribution in [3.05, 3.63) is 54.1 Å². The number of carbonyl (C=O) groups excluding carboxylic acids is 1. The summed E-state index contributed by atoms with van der Waals surface area (Å²) in [5.41, 5.74) is 0.892. The predicted molar refractivity (Wildman–Crippen MR) is 65.1 cm³/mol. The van der Waals surface area contributed by atoms with Crippen molar-refractivity contribution in [1.82, 2.24) is 4.98 Å². The number of amides is 1. The molecule has 1 N–H and O–H groups in total. The Morgan fingerprint density at radius 2 is 2.22 bits per heavy atom. The Kier molecular flexibility index (Phi) is 3.52. The number of hydrogen-bond donors (Lipinski definition) is 1. The molecule has 2 rings (SSSR count). The molecule has 0 bridgehead atoms. The third kappa shape index (κ3) is 2.63. The number of methoxy groups -OCH3 is 1. The van der Waals surface area contributed by atoms with E-state index in [1.807, 2.05) is 0 Å². The summed E-state index contributed by atoms with van der Waals surface area (Å²) in [5, 5.41) is 2.63. The van der Waals surface area contributed by atoms with Crippen LogP contribution in [-0.4, -0.2) is 18.0 Å². The van der Waals surface area contributed by atoms with Crippen LogP contribution in [0.3, 0.4) is 0 Å². The minimum absolute atomic E-state index is 0.0824. The van der Waals surface area contributed by atoms with Gasteiger partial charge in [-0.1, -0.05) is 0 Å².